The number of rotatable bonds is 7. The van der Waals surface area contributed by atoms with E-state index in [4.69, 9.17) is 4.74 Å². The topological polar surface area (TPSA) is 171 Å². The van der Waals surface area contributed by atoms with E-state index in [1.807, 2.05) is 73.0 Å². The summed E-state index contributed by atoms with van der Waals surface area (Å²) in [6.07, 6.45) is 4.80. The Labute approximate surface area is 294 Å². The van der Waals surface area contributed by atoms with Gasteiger partial charge in [0.15, 0.2) is 5.82 Å². The summed E-state index contributed by atoms with van der Waals surface area (Å²) in [6.45, 7) is 10.1. The van der Waals surface area contributed by atoms with E-state index in [1.54, 1.807) is 28.2 Å². The lowest BCUT2D eigenvalue weighted by atomic mass is 10.0. The number of methoxy groups -OCH3 is 1. The van der Waals surface area contributed by atoms with Crippen molar-refractivity contribution < 1.29 is 19.1 Å². The average molecular weight is 693 g/mol. The molecule has 16 heteroatoms. The molecular weight excluding hydrogens is 652 g/mol. The third-order valence-electron chi connectivity index (χ3n) is 9.06. The van der Waals surface area contributed by atoms with Crippen LogP contribution < -0.4 is 19.9 Å². The molecule has 1 aromatic carbocycles. The zero-order chi connectivity index (χ0) is 35.7. The zero-order valence-electron chi connectivity index (χ0n) is 29.0. The number of Topliss-reactive ketones (excluding diaryl/α,β-unsaturated/α-hetero) is 1. The van der Waals surface area contributed by atoms with Crippen molar-refractivity contribution in [3.05, 3.63) is 66.6 Å². The van der Waals surface area contributed by atoms with Gasteiger partial charge in [-0.15, -0.1) is 0 Å². The van der Waals surface area contributed by atoms with Gasteiger partial charge in [-0.1, -0.05) is 23.3 Å². The number of tetrazole rings is 1. The Morgan fingerprint density at radius 3 is 2.24 bits per heavy atom. The third-order valence-corrected chi connectivity index (χ3v) is 9.06. The molecule has 6 heterocycles. The summed E-state index contributed by atoms with van der Waals surface area (Å²) in [4.78, 5) is 59.7. The first-order valence-electron chi connectivity index (χ1n) is 16.9. The molecule has 2 aliphatic heterocycles. The second-order valence-corrected chi connectivity index (χ2v) is 13.5. The number of benzene rings is 1. The fourth-order valence-corrected chi connectivity index (χ4v) is 6.44. The number of H-pyrrole nitrogens is 1. The Bertz CT molecular complexity index is 2040. The van der Waals surface area contributed by atoms with Gasteiger partial charge < -0.3 is 34.6 Å². The van der Waals surface area contributed by atoms with E-state index in [-0.39, 0.29) is 17.1 Å². The molecule has 2 fully saturated rings. The van der Waals surface area contributed by atoms with Gasteiger partial charge in [0.1, 0.15) is 5.75 Å². The molecule has 2 aliphatic rings. The first-order valence-corrected chi connectivity index (χ1v) is 16.9. The molecule has 2 N–H and O–H groups in total. The molecule has 0 saturated carbocycles. The van der Waals surface area contributed by atoms with Crippen LogP contribution in [0, 0.1) is 0 Å². The second-order valence-electron chi connectivity index (χ2n) is 13.5. The van der Waals surface area contributed by atoms with Crippen molar-refractivity contribution in [3.63, 3.8) is 0 Å². The number of aromatic nitrogens is 7. The molecule has 4 aromatic heterocycles. The fraction of sp³-hybridized carbons (Fsp3) is 0.371. The van der Waals surface area contributed by atoms with Crippen molar-refractivity contribution >= 4 is 40.3 Å². The normalized spacial score (nSPS) is 15.3. The quantitative estimate of drug-likeness (QED) is 0.190. The maximum absolute atomic E-state index is 13.8. The van der Waals surface area contributed by atoms with Gasteiger partial charge in [0, 0.05) is 81.5 Å². The van der Waals surface area contributed by atoms with Gasteiger partial charge in [0.25, 0.3) is 17.6 Å². The summed E-state index contributed by atoms with van der Waals surface area (Å²) < 4.78 is 7.17. The van der Waals surface area contributed by atoms with Gasteiger partial charge in [-0.25, -0.2) is 9.78 Å². The molecule has 3 amide bonds. The largest absolute Gasteiger partial charge is 0.494 e. The Hall–Kier alpha value is -6.06. The first kappa shape index (κ1) is 33.4. The first-order chi connectivity index (χ1) is 24.6. The number of carbonyl (C=O) groups is 3. The van der Waals surface area contributed by atoms with Gasteiger partial charge in [-0.05, 0) is 55.5 Å². The monoisotopic (exact) mass is 692 g/mol. The Balaban J connectivity index is 1.04. The minimum Gasteiger partial charge on any atom is -0.494 e. The molecule has 7 rings (SSSR count). The average Bonchev–Trinajstić information content (AvgIpc) is 3.83. The number of hydrogen-bond acceptors (Lipinski definition) is 11. The number of urea groups is 1. The number of nitrogens with one attached hydrogen (secondary N) is 2. The second kappa shape index (κ2) is 13.7. The van der Waals surface area contributed by atoms with Crippen molar-refractivity contribution in [2.45, 2.75) is 26.3 Å². The maximum atomic E-state index is 13.8. The zero-order valence-corrected chi connectivity index (χ0v) is 29.0. The molecule has 5 aromatic rings. The van der Waals surface area contributed by atoms with Crippen LogP contribution in [0.25, 0.3) is 28.0 Å². The number of fused-ring (bicyclic) bond motifs is 1. The SMILES string of the molecule is COc1cnc(-c2ccc(N3CCN(C(=O)NC(C)(C)C)CC3)cc2)c2[nH]cc(C(=O)C(=O)N3CCN(c4nnnn4-c4ccccn4)CC3)c12. The van der Waals surface area contributed by atoms with Crippen molar-refractivity contribution in [2.75, 3.05) is 69.3 Å². The van der Waals surface area contributed by atoms with Gasteiger partial charge in [0.2, 0.25) is 0 Å². The predicted molar refractivity (Wildman–Crippen MR) is 190 cm³/mol. The number of aromatic amines is 1. The van der Waals surface area contributed by atoms with E-state index >= 15 is 0 Å². The van der Waals surface area contributed by atoms with Crippen molar-refractivity contribution in [3.8, 4) is 22.8 Å². The molecule has 0 bridgehead atoms. The van der Waals surface area contributed by atoms with Gasteiger partial charge in [-0.3, -0.25) is 14.6 Å². The number of anilines is 2. The van der Waals surface area contributed by atoms with E-state index in [0.717, 1.165) is 24.3 Å². The summed E-state index contributed by atoms with van der Waals surface area (Å²) in [5.74, 6) is 0.267. The van der Waals surface area contributed by atoms with E-state index in [0.29, 0.717) is 73.4 Å². The highest BCUT2D eigenvalue weighted by molar-refractivity contribution is 6.45. The molecule has 0 unspecified atom stereocenters. The highest BCUT2D eigenvalue weighted by Gasteiger charge is 2.32. The molecule has 264 valence electrons. The van der Waals surface area contributed by atoms with Crippen LogP contribution in [0.4, 0.5) is 16.4 Å². The number of ether oxygens (including phenoxy) is 1. The van der Waals surface area contributed by atoms with Crippen molar-refractivity contribution in [1.82, 2.24) is 50.3 Å². The maximum Gasteiger partial charge on any atom is 0.317 e. The Morgan fingerprint density at radius 2 is 1.57 bits per heavy atom. The third kappa shape index (κ3) is 6.76. The van der Waals surface area contributed by atoms with E-state index in [2.05, 4.69) is 40.7 Å². The molecule has 51 heavy (non-hydrogen) atoms. The van der Waals surface area contributed by atoms with Crippen LogP contribution in [0.15, 0.2) is 61.1 Å². The van der Waals surface area contributed by atoms with Gasteiger partial charge in [-0.2, -0.15) is 4.68 Å². The number of piperazine rings is 2. The minimum absolute atomic E-state index is 0.0447. The lowest BCUT2D eigenvalue weighted by Crippen LogP contribution is -2.55. The van der Waals surface area contributed by atoms with Crippen LogP contribution in [0.1, 0.15) is 31.1 Å². The number of hydrogen-bond donors (Lipinski definition) is 2. The standard InChI is InChI=1S/C35H40N12O4/c1-35(2,3)39-34(50)46-19-13-43(14-20-46)24-10-8-23(9-11-24)29-30-28(26(51-4)22-38-29)25(21-37-30)31(48)32(49)44-15-17-45(18-16-44)33-40-41-42-47(33)27-7-5-6-12-36-27/h5-12,21-22,37H,13-20H2,1-4H3,(H,39,50). The molecule has 0 aliphatic carbocycles. The summed E-state index contributed by atoms with van der Waals surface area (Å²) in [5.41, 5.74) is 3.05. The molecule has 0 radical (unpaired) electrons. The highest BCUT2D eigenvalue weighted by Crippen LogP contribution is 2.35. The summed E-state index contributed by atoms with van der Waals surface area (Å²) >= 11 is 0. The minimum atomic E-state index is -0.630. The van der Waals surface area contributed by atoms with Crippen molar-refractivity contribution in [1.29, 1.82) is 0 Å². The number of nitrogens with zero attached hydrogens (tertiary/aromatic N) is 10. The Morgan fingerprint density at radius 1 is 0.863 bits per heavy atom. The fourth-order valence-electron chi connectivity index (χ4n) is 6.44. The van der Waals surface area contributed by atoms with E-state index in [1.165, 1.54) is 7.11 Å². The summed E-state index contributed by atoms with van der Waals surface area (Å²) in [7, 11) is 1.51. The molecule has 0 spiro atoms. The van der Waals surface area contributed by atoms with E-state index < -0.39 is 11.7 Å². The predicted octanol–water partition coefficient (Wildman–Crippen LogP) is 2.77. The lowest BCUT2D eigenvalue weighted by Gasteiger charge is -2.37. The number of carbonyl (C=O) groups excluding carboxylic acids is 3. The van der Waals surface area contributed by atoms with E-state index in [9.17, 15) is 14.4 Å². The molecule has 16 nitrogen and oxygen atoms in total. The van der Waals surface area contributed by atoms with Crippen molar-refractivity contribution in [2.24, 2.45) is 0 Å². The van der Waals surface area contributed by atoms with Crippen LogP contribution in [0.3, 0.4) is 0 Å². The Kier molecular flexibility index (Phi) is 8.97. The van der Waals surface area contributed by atoms with Gasteiger partial charge >= 0.3 is 6.03 Å². The van der Waals surface area contributed by atoms with Crippen LogP contribution >= 0.6 is 0 Å². The summed E-state index contributed by atoms with van der Waals surface area (Å²) in [5, 5.41) is 15.6. The number of ketones is 1. The highest BCUT2D eigenvalue weighted by atomic mass is 16.5. The van der Waals surface area contributed by atoms with Crippen LogP contribution in [-0.4, -0.2) is 128 Å². The number of amides is 3. The molecular formula is C35H40N12O4. The lowest BCUT2D eigenvalue weighted by molar-refractivity contribution is -0.126. The van der Waals surface area contributed by atoms with Crippen LogP contribution in [0.5, 0.6) is 5.75 Å². The molecule has 2 saturated heterocycles. The molecule has 0 atom stereocenters. The number of pyridine rings is 2. The van der Waals surface area contributed by atoms with Crippen LogP contribution in [-0.2, 0) is 4.79 Å². The van der Waals surface area contributed by atoms with Crippen LogP contribution in [0.2, 0.25) is 0 Å². The smallest absolute Gasteiger partial charge is 0.317 e. The summed E-state index contributed by atoms with van der Waals surface area (Å²) in [6, 6.07) is 13.5. The van der Waals surface area contributed by atoms with Gasteiger partial charge in [0.05, 0.1) is 35.5 Å².